The monoisotopic (exact) mass is 762 g/mol. The molecule has 6 atom stereocenters. The molecule has 0 bridgehead atoms. The van der Waals surface area contributed by atoms with E-state index < -0.39 is 63.1 Å². The second kappa shape index (κ2) is 30.8. The molecule has 12 nitrogen and oxygen atoms in total. The summed E-state index contributed by atoms with van der Waals surface area (Å²) in [5, 5.41) is 50.0. The Labute approximate surface area is 312 Å². The van der Waals surface area contributed by atoms with Crippen LogP contribution in [0.2, 0.25) is 0 Å². The van der Waals surface area contributed by atoms with Crippen LogP contribution in [-0.2, 0) is 27.9 Å². The molecule has 0 heterocycles. The van der Waals surface area contributed by atoms with Crippen LogP contribution in [0.3, 0.4) is 0 Å². The fraction of sp³-hybridized carbons (Fsp3) is 0.821. The lowest BCUT2D eigenvalue weighted by Gasteiger charge is -2.41. The van der Waals surface area contributed by atoms with Crippen LogP contribution in [0.5, 0.6) is 0 Å². The zero-order valence-electron chi connectivity index (χ0n) is 31.8. The summed E-state index contributed by atoms with van der Waals surface area (Å²) < 4.78 is 34.0. The van der Waals surface area contributed by atoms with Crippen LogP contribution in [0.15, 0.2) is 36.5 Å². The number of hydrogen-bond donors (Lipinski definition) is 6. The average molecular weight is 763 g/mol. The molecule has 304 valence electrons. The van der Waals surface area contributed by atoms with Crippen molar-refractivity contribution >= 4 is 13.8 Å². The van der Waals surface area contributed by atoms with Gasteiger partial charge in [-0.15, -0.1) is 0 Å². The summed E-state index contributed by atoms with van der Waals surface area (Å²) in [5.74, 6) is -0.507. The highest BCUT2D eigenvalue weighted by atomic mass is 31.2. The van der Waals surface area contributed by atoms with Crippen LogP contribution < -0.4 is 0 Å². The third kappa shape index (κ3) is 23.4. The Balaban J connectivity index is 2.49. The molecule has 1 saturated carbocycles. The molecule has 0 saturated heterocycles. The second-order valence-electron chi connectivity index (χ2n) is 13.8. The van der Waals surface area contributed by atoms with Gasteiger partial charge in [0, 0.05) is 13.0 Å². The maximum atomic E-state index is 12.7. The molecule has 1 fully saturated rings. The molecule has 0 amide bonds. The van der Waals surface area contributed by atoms with Crippen molar-refractivity contribution in [3.63, 3.8) is 0 Å². The second-order valence-corrected chi connectivity index (χ2v) is 15.2. The van der Waals surface area contributed by atoms with Gasteiger partial charge >= 0.3 is 13.8 Å². The summed E-state index contributed by atoms with van der Waals surface area (Å²) in [4.78, 5) is 23.0. The van der Waals surface area contributed by atoms with Crippen LogP contribution in [0, 0.1) is 0 Å². The number of allylic oxidation sites excluding steroid dienone is 6. The molecule has 0 radical (unpaired) electrons. The topological polar surface area (TPSA) is 192 Å². The summed E-state index contributed by atoms with van der Waals surface area (Å²) >= 11 is 0. The summed E-state index contributed by atoms with van der Waals surface area (Å²) in [5.41, 5.74) is 0. The van der Waals surface area contributed by atoms with E-state index in [0.717, 1.165) is 57.8 Å². The SMILES string of the molecule is CC/C=C\C/C=C\C/C=C\CCCCCC(=O)OC(COCCCCCCCCCCCCCC)COP(=O)(O)OC1C(O)C(O)C(O)C(O)C1O. The van der Waals surface area contributed by atoms with E-state index >= 15 is 0 Å². The molecule has 0 aromatic carbocycles. The molecular formula is C39H71O12P. The molecular weight excluding hydrogens is 691 g/mol. The third-order valence-corrected chi connectivity index (χ3v) is 10.0. The highest BCUT2D eigenvalue weighted by Gasteiger charge is 2.51. The van der Waals surface area contributed by atoms with E-state index in [1.165, 1.54) is 57.8 Å². The zero-order valence-corrected chi connectivity index (χ0v) is 32.7. The molecule has 6 N–H and O–H groups in total. The van der Waals surface area contributed by atoms with E-state index in [0.29, 0.717) is 13.0 Å². The number of hydrogen-bond acceptors (Lipinski definition) is 11. The van der Waals surface area contributed by atoms with Gasteiger partial charge in [0.05, 0.1) is 13.2 Å². The van der Waals surface area contributed by atoms with Gasteiger partial charge in [0.1, 0.15) is 42.7 Å². The van der Waals surface area contributed by atoms with Crippen molar-refractivity contribution in [3.8, 4) is 0 Å². The number of ether oxygens (including phenoxy) is 2. The number of aliphatic hydroxyl groups excluding tert-OH is 5. The predicted molar refractivity (Wildman–Crippen MR) is 202 cm³/mol. The number of unbranched alkanes of at least 4 members (excludes halogenated alkanes) is 14. The van der Waals surface area contributed by atoms with Gasteiger partial charge in [-0.25, -0.2) is 4.57 Å². The maximum absolute atomic E-state index is 12.7. The molecule has 13 heteroatoms. The molecule has 0 aromatic rings. The molecule has 0 aromatic heterocycles. The van der Waals surface area contributed by atoms with Gasteiger partial charge in [-0.1, -0.05) is 127 Å². The Hall–Kier alpha value is -1.44. The standard InChI is InChI=1S/C39H71O12P/c1-3-5-7-9-11-13-15-17-18-20-22-24-26-28-33(40)50-32(30-48-29-27-25-23-21-19-16-14-12-10-8-6-4-2)31-49-52(46,47)51-39-37(44)35(42)34(41)36(43)38(39)45/h5,7,11,13,17-18,32,34-39,41-45H,3-4,6,8-10,12,14-16,19-31H2,1-2H3,(H,46,47)/b7-5-,13-11-,18-17-. The normalized spacial score (nSPS) is 24.2. The lowest BCUT2D eigenvalue weighted by Crippen LogP contribution is -2.64. The minimum atomic E-state index is -5.01. The van der Waals surface area contributed by atoms with Crippen molar-refractivity contribution < 1.29 is 58.3 Å². The van der Waals surface area contributed by atoms with E-state index in [-0.39, 0.29) is 13.0 Å². The van der Waals surface area contributed by atoms with E-state index in [9.17, 15) is 39.8 Å². The predicted octanol–water partition coefficient (Wildman–Crippen LogP) is 6.75. The molecule has 0 aliphatic heterocycles. The largest absolute Gasteiger partial charge is 0.472 e. The van der Waals surface area contributed by atoms with Crippen molar-refractivity contribution in [1.82, 2.24) is 0 Å². The molecule has 1 aliphatic rings. The summed E-state index contributed by atoms with van der Waals surface area (Å²) in [6.45, 7) is 4.08. The Morgan fingerprint density at radius 1 is 0.635 bits per heavy atom. The number of phosphoric acid groups is 1. The summed E-state index contributed by atoms with van der Waals surface area (Å²) in [6.07, 6.45) is 20.9. The first kappa shape index (κ1) is 48.6. The molecule has 1 rings (SSSR count). The molecule has 52 heavy (non-hydrogen) atoms. The Bertz CT molecular complexity index is 1010. The highest BCUT2D eigenvalue weighted by Crippen LogP contribution is 2.47. The third-order valence-electron chi connectivity index (χ3n) is 9.03. The van der Waals surface area contributed by atoms with Crippen molar-refractivity contribution in [2.24, 2.45) is 0 Å². The average Bonchev–Trinajstić information content (AvgIpc) is 3.12. The Kier molecular flexibility index (Phi) is 28.8. The first-order valence-corrected chi connectivity index (χ1v) is 21.3. The van der Waals surface area contributed by atoms with Crippen molar-refractivity contribution in [2.75, 3.05) is 19.8 Å². The molecule has 6 unspecified atom stereocenters. The number of carbonyl (C=O) groups is 1. The van der Waals surface area contributed by atoms with Crippen molar-refractivity contribution in [2.45, 2.75) is 185 Å². The number of esters is 1. The lowest BCUT2D eigenvalue weighted by atomic mass is 9.85. The zero-order chi connectivity index (χ0) is 38.5. The minimum absolute atomic E-state index is 0.0871. The van der Waals surface area contributed by atoms with Crippen LogP contribution in [0.4, 0.5) is 0 Å². The molecule has 0 spiro atoms. The first-order chi connectivity index (χ1) is 25.0. The van der Waals surface area contributed by atoms with Gasteiger partial charge in [0.2, 0.25) is 0 Å². The van der Waals surface area contributed by atoms with Gasteiger partial charge in [0.15, 0.2) is 0 Å². The summed E-state index contributed by atoms with van der Waals surface area (Å²) in [7, 11) is -5.01. The number of aliphatic hydroxyl groups is 5. The Morgan fingerprint density at radius 2 is 1.13 bits per heavy atom. The quantitative estimate of drug-likeness (QED) is 0.0183. The number of phosphoric ester groups is 1. The highest BCUT2D eigenvalue weighted by molar-refractivity contribution is 7.47. The summed E-state index contributed by atoms with van der Waals surface area (Å²) in [6, 6.07) is 0. The minimum Gasteiger partial charge on any atom is -0.457 e. The van der Waals surface area contributed by atoms with Crippen LogP contribution >= 0.6 is 7.82 Å². The van der Waals surface area contributed by atoms with Crippen LogP contribution in [0.1, 0.15) is 142 Å². The van der Waals surface area contributed by atoms with E-state index in [4.69, 9.17) is 18.5 Å². The first-order valence-electron chi connectivity index (χ1n) is 19.8. The van der Waals surface area contributed by atoms with Gasteiger partial charge in [-0.3, -0.25) is 13.8 Å². The van der Waals surface area contributed by atoms with Crippen molar-refractivity contribution in [3.05, 3.63) is 36.5 Å². The van der Waals surface area contributed by atoms with Gasteiger partial charge in [0.25, 0.3) is 0 Å². The van der Waals surface area contributed by atoms with E-state index in [1.54, 1.807) is 0 Å². The molecule has 1 aliphatic carbocycles. The fourth-order valence-corrected chi connectivity index (χ4v) is 6.81. The van der Waals surface area contributed by atoms with Crippen LogP contribution in [0.25, 0.3) is 0 Å². The lowest BCUT2D eigenvalue weighted by molar-refractivity contribution is -0.220. The van der Waals surface area contributed by atoms with Gasteiger partial charge in [-0.05, 0) is 44.9 Å². The van der Waals surface area contributed by atoms with Gasteiger partial charge in [-0.2, -0.15) is 0 Å². The Morgan fingerprint density at radius 3 is 1.71 bits per heavy atom. The van der Waals surface area contributed by atoms with E-state index in [1.807, 2.05) is 0 Å². The number of rotatable bonds is 32. The number of carbonyl (C=O) groups excluding carboxylic acids is 1. The fourth-order valence-electron chi connectivity index (χ4n) is 5.84. The van der Waals surface area contributed by atoms with E-state index in [2.05, 4.69) is 50.3 Å². The maximum Gasteiger partial charge on any atom is 0.472 e. The van der Waals surface area contributed by atoms with Crippen LogP contribution in [-0.4, -0.2) is 98.9 Å². The van der Waals surface area contributed by atoms with Crippen molar-refractivity contribution in [1.29, 1.82) is 0 Å². The van der Waals surface area contributed by atoms with Gasteiger partial charge < -0.3 is 39.9 Å². The smallest absolute Gasteiger partial charge is 0.457 e.